The first-order valence-corrected chi connectivity index (χ1v) is 6.59. The van der Waals surface area contributed by atoms with E-state index in [1.807, 2.05) is 0 Å². The number of alkyl halides is 2. The lowest BCUT2D eigenvalue weighted by molar-refractivity contribution is -0.162. The molecule has 112 valence electrons. The predicted octanol–water partition coefficient (Wildman–Crippen LogP) is 2.94. The molecule has 4 nitrogen and oxygen atoms in total. The SMILES string of the molecule is CCCC(F)(F)CCC(C(=O)OCC)C(=O)OCC. The van der Waals surface area contributed by atoms with E-state index in [9.17, 15) is 18.4 Å². The summed E-state index contributed by atoms with van der Waals surface area (Å²) in [6, 6.07) is 0. The average molecular weight is 280 g/mol. The first-order valence-electron chi connectivity index (χ1n) is 6.59. The summed E-state index contributed by atoms with van der Waals surface area (Å²) >= 11 is 0. The van der Waals surface area contributed by atoms with E-state index >= 15 is 0 Å². The lowest BCUT2D eigenvalue weighted by atomic mass is 9.98. The summed E-state index contributed by atoms with van der Waals surface area (Å²) in [5.74, 6) is -5.73. The monoisotopic (exact) mass is 280 g/mol. The van der Waals surface area contributed by atoms with Crippen molar-refractivity contribution in [2.75, 3.05) is 13.2 Å². The van der Waals surface area contributed by atoms with Gasteiger partial charge in [0.05, 0.1) is 13.2 Å². The van der Waals surface area contributed by atoms with Gasteiger partial charge >= 0.3 is 11.9 Å². The Balaban J connectivity index is 4.58. The zero-order chi connectivity index (χ0) is 14.9. The maximum absolute atomic E-state index is 13.4. The largest absolute Gasteiger partial charge is 0.465 e. The number of hydrogen-bond acceptors (Lipinski definition) is 4. The summed E-state index contributed by atoms with van der Waals surface area (Å²) in [6.07, 6.45) is -0.699. The molecule has 0 radical (unpaired) electrons. The van der Waals surface area contributed by atoms with Crippen molar-refractivity contribution >= 4 is 11.9 Å². The van der Waals surface area contributed by atoms with Crippen molar-refractivity contribution in [3.63, 3.8) is 0 Å². The Hall–Kier alpha value is -1.20. The molecule has 0 unspecified atom stereocenters. The zero-order valence-corrected chi connectivity index (χ0v) is 11.7. The van der Waals surface area contributed by atoms with Gasteiger partial charge in [-0.3, -0.25) is 9.59 Å². The standard InChI is InChI=1S/C13H22F2O4/c1-4-8-13(14,15)9-7-10(11(16)18-5-2)12(17)19-6-3/h10H,4-9H2,1-3H3. The van der Waals surface area contributed by atoms with Gasteiger partial charge in [0, 0.05) is 12.8 Å². The molecule has 0 aromatic rings. The Bertz CT molecular complexity index is 274. The van der Waals surface area contributed by atoms with Crippen LogP contribution in [0.2, 0.25) is 0 Å². The van der Waals surface area contributed by atoms with Crippen LogP contribution in [0, 0.1) is 5.92 Å². The quantitative estimate of drug-likeness (QED) is 0.481. The van der Waals surface area contributed by atoms with E-state index in [1.165, 1.54) is 0 Å². The Labute approximate surface area is 112 Å². The summed E-state index contributed by atoms with van der Waals surface area (Å²) in [6.45, 7) is 5.03. The van der Waals surface area contributed by atoms with E-state index < -0.39 is 30.2 Å². The van der Waals surface area contributed by atoms with E-state index in [0.717, 1.165) is 0 Å². The molecule has 0 fully saturated rings. The van der Waals surface area contributed by atoms with Crippen LogP contribution in [0.25, 0.3) is 0 Å². The molecule has 0 spiro atoms. The van der Waals surface area contributed by atoms with Crippen LogP contribution in [0.1, 0.15) is 46.5 Å². The van der Waals surface area contributed by atoms with Gasteiger partial charge in [-0.1, -0.05) is 13.3 Å². The molecule has 0 amide bonds. The minimum absolute atomic E-state index is 0.0973. The van der Waals surface area contributed by atoms with Crippen molar-refractivity contribution in [2.24, 2.45) is 5.92 Å². The van der Waals surface area contributed by atoms with E-state index in [2.05, 4.69) is 0 Å². The fraction of sp³-hybridized carbons (Fsp3) is 0.846. The summed E-state index contributed by atoms with van der Waals surface area (Å²) in [4.78, 5) is 23.1. The molecular formula is C13H22F2O4. The molecule has 0 aromatic heterocycles. The fourth-order valence-electron chi connectivity index (χ4n) is 1.66. The molecule has 0 saturated heterocycles. The molecule has 0 rings (SSSR count). The number of hydrogen-bond donors (Lipinski definition) is 0. The topological polar surface area (TPSA) is 52.6 Å². The highest BCUT2D eigenvalue weighted by Gasteiger charge is 2.35. The maximum atomic E-state index is 13.4. The third kappa shape index (κ3) is 7.08. The highest BCUT2D eigenvalue weighted by molar-refractivity contribution is 5.94. The van der Waals surface area contributed by atoms with Crippen molar-refractivity contribution in [3.8, 4) is 0 Å². The highest BCUT2D eigenvalue weighted by atomic mass is 19.3. The van der Waals surface area contributed by atoms with Crippen LogP contribution in [0.5, 0.6) is 0 Å². The van der Waals surface area contributed by atoms with Crippen molar-refractivity contribution in [2.45, 2.75) is 52.4 Å². The van der Waals surface area contributed by atoms with Crippen molar-refractivity contribution in [1.82, 2.24) is 0 Å². The molecule has 0 atom stereocenters. The molecule has 0 aliphatic carbocycles. The average Bonchev–Trinajstić information content (AvgIpc) is 2.29. The number of rotatable bonds is 9. The summed E-state index contributed by atoms with van der Waals surface area (Å²) in [5, 5.41) is 0. The zero-order valence-electron chi connectivity index (χ0n) is 11.7. The number of halogens is 2. The molecule has 0 aromatic carbocycles. The lowest BCUT2D eigenvalue weighted by Gasteiger charge is -2.18. The van der Waals surface area contributed by atoms with Gasteiger partial charge in [-0.2, -0.15) is 0 Å². The Morgan fingerprint density at radius 3 is 1.84 bits per heavy atom. The minimum atomic E-state index is -2.87. The smallest absolute Gasteiger partial charge is 0.320 e. The second-order valence-corrected chi connectivity index (χ2v) is 4.20. The van der Waals surface area contributed by atoms with E-state index in [4.69, 9.17) is 9.47 Å². The molecular weight excluding hydrogens is 258 g/mol. The van der Waals surface area contributed by atoms with Gasteiger partial charge in [0.2, 0.25) is 5.92 Å². The first kappa shape index (κ1) is 17.8. The summed E-state index contributed by atoms with van der Waals surface area (Å²) in [7, 11) is 0. The first-order chi connectivity index (χ1) is 8.87. The summed E-state index contributed by atoms with van der Waals surface area (Å²) < 4.78 is 36.2. The number of carbonyl (C=O) groups excluding carboxylic acids is 2. The normalized spacial score (nSPS) is 11.5. The van der Waals surface area contributed by atoms with E-state index in [1.54, 1.807) is 20.8 Å². The van der Waals surface area contributed by atoms with Crippen LogP contribution in [-0.4, -0.2) is 31.1 Å². The number of ether oxygens (including phenoxy) is 2. The molecule has 19 heavy (non-hydrogen) atoms. The molecule has 0 aliphatic heterocycles. The second-order valence-electron chi connectivity index (χ2n) is 4.20. The van der Waals surface area contributed by atoms with E-state index in [0.29, 0.717) is 6.42 Å². The van der Waals surface area contributed by atoms with Gasteiger partial charge in [0.15, 0.2) is 5.92 Å². The van der Waals surface area contributed by atoms with Gasteiger partial charge in [0.25, 0.3) is 0 Å². The molecule has 0 aliphatic rings. The Morgan fingerprint density at radius 2 is 1.47 bits per heavy atom. The number of esters is 2. The van der Waals surface area contributed by atoms with Crippen LogP contribution >= 0.6 is 0 Å². The molecule has 0 saturated carbocycles. The van der Waals surface area contributed by atoms with E-state index in [-0.39, 0.29) is 26.1 Å². The summed E-state index contributed by atoms with van der Waals surface area (Å²) in [5.41, 5.74) is 0. The molecule has 6 heteroatoms. The Kier molecular flexibility index (Phi) is 8.27. The van der Waals surface area contributed by atoms with Crippen LogP contribution in [-0.2, 0) is 19.1 Å². The number of carbonyl (C=O) groups is 2. The van der Waals surface area contributed by atoms with Crippen LogP contribution in [0.3, 0.4) is 0 Å². The molecule has 0 N–H and O–H groups in total. The van der Waals surface area contributed by atoms with Gasteiger partial charge < -0.3 is 9.47 Å². The molecule has 0 bridgehead atoms. The van der Waals surface area contributed by atoms with Crippen LogP contribution in [0.15, 0.2) is 0 Å². The van der Waals surface area contributed by atoms with Gasteiger partial charge in [-0.15, -0.1) is 0 Å². The molecule has 0 heterocycles. The predicted molar refractivity (Wildman–Crippen MR) is 65.8 cm³/mol. The maximum Gasteiger partial charge on any atom is 0.320 e. The third-order valence-corrected chi connectivity index (χ3v) is 2.56. The third-order valence-electron chi connectivity index (χ3n) is 2.56. The van der Waals surface area contributed by atoms with Crippen LogP contribution in [0.4, 0.5) is 8.78 Å². The lowest BCUT2D eigenvalue weighted by Crippen LogP contribution is -2.30. The van der Waals surface area contributed by atoms with Gasteiger partial charge in [-0.05, 0) is 20.3 Å². The Morgan fingerprint density at radius 1 is 1.00 bits per heavy atom. The van der Waals surface area contributed by atoms with Gasteiger partial charge in [-0.25, -0.2) is 8.78 Å². The van der Waals surface area contributed by atoms with Crippen molar-refractivity contribution < 1.29 is 27.8 Å². The second kappa shape index (κ2) is 8.82. The highest BCUT2D eigenvalue weighted by Crippen LogP contribution is 2.28. The van der Waals surface area contributed by atoms with Crippen molar-refractivity contribution in [1.29, 1.82) is 0 Å². The van der Waals surface area contributed by atoms with Gasteiger partial charge in [0.1, 0.15) is 0 Å². The van der Waals surface area contributed by atoms with Crippen LogP contribution < -0.4 is 0 Å². The fourth-order valence-corrected chi connectivity index (χ4v) is 1.66. The minimum Gasteiger partial charge on any atom is -0.465 e. The van der Waals surface area contributed by atoms with Crippen molar-refractivity contribution in [3.05, 3.63) is 0 Å².